The Hall–Kier alpha value is -3.42. The molecule has 1 fully saturated rings. The molecule has 1 saturated heterocycles. The number of piperidine rings is 1. The second kappa shape index (κ2) is 9.16. The SMILES string of the molecule is CC1CCC(COc2ccc(F)cn2)CN1C(=O)c1c(F)cccc1-c1ncccn1. The summed E-state index contributed by atoms with van der Waals surface area (Å²) in [5.41, 5.74) is 0.342. The van der Waals surface area contributed by atoms with Gasteiger partial charge in [-0.3, -0.25) is 4.79 Å². The summed E-state index contributed by atoms with van der Waals surface area (Å²) in [5.74, 6) is -0.740. The molecule has 1 aliphatic rings. The van der Waals surface area contributed by atoms with E-state index < -0.39 is 17.5 Å². The molecular formula is C23H22F2N4O2. The van der Waals surface area contributed by atoms with Crippen molar-refractivity contribution in [2.24, 2.45) is 5.92 Å². The minimum Gasteiger partial charge on any atom is -0.477 e. The van der Waals surface area contributed by atoms with Gasteiger partial charge in [-0.05, 0) is 38.0 Å². The molecule has 8 heteroatoms. The lowest BCUT2D eigenvalue weighted by atomic mass is 9.92. The number of hydrogen-bond donors (Lipinski definition) is 0. The molecule has 2 atom stereocenters. The van der Waals surface area contributed by atoms with Crippen molar-refractivity contribution in [3.05, 3.63) is 72.2 Å². The Morgan fingerprint density at radius 2 is 1.90 bits per heavy atom. The topological polar surface area (TPSA) is 68.2 Å². The van der Waals surface area contributed by atoms with Gasteiger partial charge in [-0.25, -0.2) is 23.7 Å². The second-order valence-electron chi connectivity index (χ2n) is 7.61. The number of benzene rings is 1. The fourth-order valence-corrected chi connectivity index (χ4v) is 3.76. The number of carbonyl (C=O) groups is 1. The van der Waals surface area contributed by atoms with Crippen molar-refractivity contribution in [2.45, 2.75) is 25.8 Å². The first-order chi connectivity index (χ1) is 15.0. The number of ether oxygens (including phenoxy) is 1. The van der Waals surface area contributed by atoms with Crippen LogP contribution >= 0.6 is 0 Å². The lowest BCUT2D eigenvalue weighted by Crippen LogP contribution is -2.47. The Balaban J connectivity index is 1.53. The van der Waals surface area contributed by atoms with Crippen molar-refractivity contribution in [2.75, 3.05) is 13.2 Å². The monoisotopic (exact) mass is 424 g/mol. The first-order valence-electron chi connectivity index (χ1n) is 10.1. The first kappa shape index (κ1) is 20.8. The summed E-state index contributed by atoms with van der Waals surface area (Å²) in [6.07, 6.45) is 5.84. The summed E-state index contributed by atoms with van der Waals surface area (Å²) in [4.78, 5) is 27.4. The number of hydrogen-bond acceptors (Lipinski definition) is 5. The minimum atomic E-state index is -0.601. The third kappa shape index (κ3) is 4.68. The largest absolute Gasteiger partial charge is 0.477 e. The molecule has 2 unspecified atom stereocenters. The quantitative estimate of drug-likeness (QED) is 0.616. The molecule has 0 N–H and O–H groups in total. The normalized spacial score (nSPS) is 18.6. The zero-order valence-corrected chi connectivity index (χ0v) is 17.0. The van der Waals surface area contributed by atoms with Gasteiger partial charge in [0.2, 0.25) is 5.88 Å². The zero-order chi connectivity index (χ0) is 21.8. The second-order valence-corrected chi connectivity index (χ2v) is 7.61. The fraction of sp³-hybridized carbons (Fsp3) is 0.304. The maximum Gasteiger partial charge on any atom is 0.257 e. The average molecular weight is 424 g/mol. The zero-order valence-electron chi connectivity index (χ0n) is 17.0. The van der Waals surface area contributed by atoms with Crippen LogP contribution in [-0.2, 0) is 0 Å². The molecule has 1 aromatic carbocycles. The number of pyridine rings is 1. The van der Waals surface area contributed by atoms with Crippen LogP contribution in [0.5, 0.6) is 5.88 Å². The number of nitrogens with zero attached hydrogens (tertiary/aromatic N) is 4. The summed E-state index contributed by atoms with van der Waals surface area (Å²) < 4.78 is 33.5. The molecule has 2 aromatic heterocycles. The highest BCUT2D eigenvalue weighted by molar-refractivity contribution is 6.00. The summed E-state index contributed by atoms with van der Waals surface area (Å²) in [6, 6.07) is 8.84. The number of rotatable bonds is 5. The van der Waals surface area contributed by atoms with Crippen molar-refractivity contribution >= 4 is 5.91 Å². The van der Waals surface area contributed by atoms with Crippen LogP contribution in [0.2, 0.25) is 0 Å². The third-order valence-electron chi connectivity index (χ3n) is 5.44. The predicted molar refractivity (Wildman–Crippen MR) is 110 cm³/mol. The van der Waals surface area contributed by atoms with Gasteiger partial charge in [0.25, 0.3) is 5.91 Å². The van der Waals surface area contributed by atoms with E-state index in [0.717, 1.165) is 19.0 Å². The maximum absolute atomic E-state index is 14.8. The highest BCUT2D eigenvalue weighted by Gasteiger charge is 2.33. The summed E-state index contributed by atoms with van der Waals surface area (Å²) in [7, 11) is 0. The van der Waals surface area contributed by atoms with E-state index in [9.17, 15) is 13.6 Å². The summed E-state index contributed by atoms with van der Waals surface area (Å²) >= 11 is 0. The molecule has 6 nitrogen and oxygen atoms in total. The van der Waals surface area contributed by atoms with E-state index in [1.54, 1.807) is 35.5 Å². The molecule has 0 radical (unpaired) electrons. The van der Waals surface area contributed by atoms with Crippen LogP contribution in [0, 0.1) is 17.6 Å². The molecule has 31 heavy (non-hydrogen) atoms. The number of carbonyl (C=O) groups excluding carboxylic acids is 1. The number of likely N-dealkylation sites (tertiary alicyclic amines) is 1. The lowest BCUT2D eigenvalue weighted by Gasteiger charge is -2.38. The van der Waals surface area contributed by atoms with Gasteiger partial charge in [0, 0.05) is 42.5 Å². The molecule has 4 rings (SSSR count). The molecule has 0 saturated carbocycles. The van der Waals surface area contributed by atoms with Crippen LogP contribution in [0.4, 0.5) is 8.78 Å². The Morgan fingerprint density at radius 3 is 2.65 bits per heavy atom. The van der Waals surface area contributed by atoms with Gasteiger partial charge in [-0.15, -0.1) is 0 Å². The fourth-order valence-electron chi connectivity index (χ4n) is 3.76. The molecule has 3 heterocycles. The van der Waals surface area contributed by atoms with Crippen LogP contribution in [0.3, 0.4) is 0 Å². The van der Waals surface area contributed by atoms with E-state index in [1.165, 1.54) is 18.2 Å². The van der Waals surface area contributed by atoms with E-state index >= 15 is 0 Å². The van der Waals surface area contributed by atoms with Gasteiger partial charge >= 0.3 is 0 Å². The third-order valence-corrected chi connectivity index (χ3v) is 5.44. The van der Waals surface area contributed by atoms with E-state index in [2.05, 4.69) is 15.0 Å². The van der Waals surface area contributed by atoms with E-state index in [-0.39, 0.29) is 17.5 Å². The van der Waals surface area contributed by atoms with Gasteiger partial charge in [0.05, 0.1) is 18.4 Å². The molecule has 0 spiro atoms. The minimum absolute atomic E-state index is 0.0256. The van der Waals surface area contributed by atoms with Crippen LogP contribution < -0.4 is 4.74 Å². The van der Waals surface area contributed by atoms with Crippen LogP contribution in [0.15, 0.2) is 55.0 Å². The Labute approximate surface area is 178 Å². The van der Waals surface area contributed by atoms with Crippen molar-refractivity contribution < 1.29 is 18.3 Å². The Kier molecular flexibility index (Phi) is 6.16. The first-order valence-corrected chi connectivity index (χ1v) is 10.1. The standard InChI is InChI=1S/C23H22F2N4O2/c1-15-6-7-16(14-31-20-9-8-17(24)12-28-20)13-29(15)23(30)21-18(4-2-5-19(21)25)22-26-10-3-11-27-22/h2-5,8-12,15-16H,6-7,13-14H2,1H3. The van der Waals surface area contributed by atoms with Crippen molar-refractivity contribution in [1.29, 1.82) is 0 Å². The Morgan fingerprint density at radius 1 is 1.10 bits per heavy atom. The molecule has 160 valence electrons. The molecule has 1 amide bonds. The number of amides is 1. The molecule has 3 aromatic rings. The number of aromatic nitrogens is 3. The van der Waals surface area contributed by atoms with Gasteiger partial charge in [0.1, 0.15) is 11.6 Å². The van der Waals surface area contributed by atoms with Crippen LogP contribution in [0.1, 0.15) is 30.1 Å². The highest BCUT2D eigenvalue weighted by Crippen LogP contribution is 2.29. The summed E-state index contributed by atoms with van der Waals surface area (Å²) in [6.45, 7) is 2.71. The smallest absolute Gasteiger partial charge is 0.257 e. The number of halogens is 2. The van der Waals surface area contributed by atoms with Gasteiger partial charge in [-0.1, -0.05) is 12.1 Å². The molecule has 0 aliphatic carbocycles. The highest BCUT2D eigenvalue weighted by atomic mass is 19.1. The van der Waals surface area contributed by atoms with Crippen LogP contribution in [0.25, 0.3) is 11.4 Å². The lowest BCUT2D eigenvalue weighted by molar-refractivity contribution is 0.0499. The van der Waals surface area contributed by atoms with E-state index in [0.29, 0.717) is 30.4 Å². The van der Waals surface area contributed by atoms with Crippen LogP contribution in [-0.4, -0.2) is 45.0 Å². The van der Waals surface area contributed by atoms with E-state index in [1.807, 2.05) is 6.92 Å². The summed E-state index contributed by atoms with van der Waals surface area (Å²) in [5, 5.41) is 0. The van der Waals surface area contributed by atoms with Gasteiger partial charge in [0.15, 0.2) is 5.82 Å². The predicted octanol–water partition coefficient (Wildman–Crippen LogP) is 4.14. The average Bonchev–Trinajstić information content (AvgIpc) is 2.79. The van der Waals surface area contributed by atoms with Crippen molar-refractivity contribution in [1.82, 2.24) is 19.9 Å². The van der Waals surface area contributed by atoms with Gasteiger partial charge in [-0.2, -0.15) is 0 Å². The molecular weight excluding hydrogens is 402 g/mol. The van der Waals surface area contributed by atoms with Gasteiger partial charge < -0.3 is 9.64 Å². The Bertz CT molecular complexity index is 1050. The maximum atomic E-state index is 14.8. The van der Waals surface area contributed by atoms with E-state index in [4.69, 9.17) is 4.74 Å². The molecule has 0 bridgehead atoms. The van der Waals surface area contributed by atoms with Crippen molar-refractivity contribution in [3.63, 3.8) is 0 Å². The van der Waals surface area contributed by atoms with Crippen molar-refractivity contribution in [3.8, 4) is 17.3 Å². The molecule has 1 aliphatic heterocycles.